The molecule has 0 aliphatic heterocycles. The Hall–Kier alpha value is -3.95. The minimum Gasteiger partial charge on any atom is -0.469 e. The molecule has 3 aromatic rings. The summed E-state index contributed by atoms with van der Waals surface area (Å²) >= 11 is 0. The van der Waals surface area contributed by atoms with Crippen LogP contribution in [-0.4, -0.2) is 28.8 Å². The zero-order valence-corrected chi connectivity index (χ0v) is 17.7. The number of aryl methyl sites for hydroxylation is 1. The Morgan fingerprint density at radius 2 is 1.73 bits per heavy atom. The van der Waals surface area contributed by atoms with Crippen LogP contribution < -0.4 is 10.7 Å². The lowest BCUT2D eigenvalue weighted by Gasteiger charge is -2.19. The summed E-state index contributed by atoms with van der Waals surface area (Å²) in [6.07, 6.45) is -4.89. The van der Waals surface area contributed by atoms with Crippen molar-refractivity contribution in [1.82, 2.24) is 15.1 Å². The molecule has 1 N–H and O–H groups in total. The molecule has 0 aliphatic carbocycles. The third kappa shape index (κ3) is 5.46. The highest BCUT2D eigenvalue weighted by Gasteiger charge is 2.34. The van der Waals surface area contributed by atoms with E-state index in [0.717, 1.165) is 16.8 Å². The predicted octanol–water partition coefficient (Wildman–Crippen LogP) is 3.59. The number of amides is 1. The van der Waals surface area contributed by atoms with Gasteiger partial charge < -0.3 is 10.1 Å². The second-order valence-electron chi connectivity index (χ2n) is 7.14. The molecule has 1 aromatic heterocycles. The van der Waals surface area contributed by atoms with E-state index in [9.17, 15) is 27.6 Å². The smallest absolute Gasteiger partial charge is 0.418 e. The van der Waals surface area contributed by atoms with Crippen LogP contribution in [0.3, 0.4) is 0 Å². The number of halogens is 3. The summed E-state index contributed by atoms with van der Waals surface area (Å²) in [4.78, 5) is 37.3. The number of methoxy groups -OCH3 is 1. The Labute approximate surface area is 186 Å². The van der Waals surface area contributed by atoms with Crippen molar-refractivity contribution in [2.75, 3.05) is 7.11 Å². The molecule has 0 fully saturated rings. The van der Waals surface area contributed by atoms with Crippen LogP contribution in [0.2, 0.25) is 0 Å². The van der Waals surface area contributed by atoms with Crippen LogP contribution in [-0.2, 0) is 15.7 Å². The molecule has 1 heterocycles. The Balaban J connectivity index is 2.02. The number of para-hydroxylation sites is 1. The highest BCUT2D eigenvalue weighted by atomic mass is 19.4. The van der Waals surface area contributed by atoms with E-state index < -0.39 is 40.8 Å². The highest BCUT2D eigenvalue weighted by molar-refractivity contribution is 5.92. The number of carbonyl (C=O) groups is 2. The second kappa shape index (κ2) is 9.68. The lowest BCUT2D eigenvalue weighted by molar-refractivity contribution is -0.141. The lowest BCUT2D eigenvalue weighted by atomic mass is 10.0. The molecule has 33 heavy (non-hydrogen) atoms. The van der Waals surface area contributed by atoms with Crippen molar-refractivity contribution >= 4 is 11.9 Å². The summed E-state index contributed by atoms with van der Waals surface area (Å²) in [6.45, 7) is 1.41. The van der Waals surface area contributed by atoms with Gasteiger partial charge in [-0.3, -0.25) is 14.4 Å². The van der Waals surface area contributed by atoms with Gasteiger partial charge in [0.15, 0.2) is 5.69 Å². The predicted molar refractivity (Wildman–Crippen MR) is 113 cm³/mol. The van der Waals surface area contributed by atoms with E-state index in [0.29, 0.717) is 5.56 Å². The van der Waals surface area contributed by atoms with E-state index in [2.05, 4.69) is 15.2 Å². The van der Waals surface area contributed by atoms with E-state index in [-0.39, 0.29) is 17.8 Å². The Bertz CT molecular complexity index is 1220. The first-order valence-corrected chi connectivity index (χ1v) is 9.82. The van der Waals surface area contributed by atoms with Gasteiger partial charge >= 0.3 is 12.1 Å². The van der Waals surface area contributed by atoms with Gasteiger partial charge in [0, 0.05) is 11.8 Å². The number of nitrogens with zero attached hydrogens (tertiary/aromatic N) is 2. The van der Waals surface area contributed by atoms with E-state index in [4.69, 9.17) is 0 Å². The molecule has 0 saturated heterocycles. The van der Waals surface area contributed by atoms with E-state index in [1.54, 1.807) is 30.3 Å². The fourth-order valence-corrected chi connectivity index (χ4v) is 3.26. The van der Waals surface area contributed by atoms with Crippen molar-refractivity contribution in [3.8, 4) is 5.69 Å². The first kappa shape index (κ1) is 23.7. The van der Waals surface area contributed by atoms with Crippen molar-refractivity contribution < 1.29 is 27.5 Å². The number of esters is 1. The molecule has 1 atom stereocenters. The van der Waals surface area contributed by atoms with Gasteiger partial charge in [-0.1, -0.05) is 42.5 Å². The average Bonchev–Trinajstić information content (AvgIpc) is 2.78. The molecular formula is C23H20F3N3O4. The maximum atomic E-state index is 13.5. The largest absolute Gasteiger partial charge is 0.469 e. The molecule has 7 nitrogen and oxygen atoms in total. The van der Waals surface area contributed by atoms with E-state index in [1.807, 2.05) is 0 Å². The van der Waals surface area contributed by atoms with Crippen LogP contribution in [0, 0.1) is 6.92 Å². The quantitative estimate of drug-likeness (QED) is 0.569. The molecule has 0 spiro atoms. The molecule has 0 aliphatic rings. The number of carbonyl (C=O) groups excluding carboxylic acids is 2. The third-order valence-electron chi connectivity index (χ3n) is 4.87. The number of benzene rings is 2. The number of rotatable bonds is 6. The first-order chi connectivity index (χ1) is 15.6. The fraction of sp³-hybridized carbons (Fsp3) is 0.217. The van der Waals surface area contributed by atoms with E-state index in [1.165, 1.54) is 32.2 Å². The topological polar surface area (TPSA) is 90.3 Å². The van der Waals surface area contributed by atoms with Crippen LogP contribution in [0.4, 0.5) is 13.2 Å². The minimum absolute atomic E-state index is 0.113. The van der Waals surface area contributed by atoms with Crippen molar-refractivity contribution in [3.05, 3.63) is 93.4 Å². The van der Waals surface area contributed by atoms with Crippen molar-refractivity contribution in [2.45, 2.75) is 25.6 Å². The van der Waals surface area contributed by atoms with E-state index >= 15 is 0 Å². The molecule has 1 amide bonds. The van der Waals surface area contributed by atoms with Crippen LogP contribution in [0.1, 0.15) is 39.8 Å². The van der Waals surface area contributed by atoms with Crippen molar-refractivity contribution in [2.24, 2.45) is 0 Å². The number of ether oxygens (including phenoxy) is 1. The normalized spacial score (nSPS) is 12.2. The number of aromatic nitrogens is 2. The zero-order chi connectivity index (χ0) is 24.2. The SMILES string of the molecule is COC(=O)CC(NC(=O)c1nn(-c2ccccc2C(F)(F)F)c(C)cc1=O)c1ccccc1. The standard InChI is InChI=1S/C23H20F3N3O4/c1-14-12-19(30)21(28-29(14)18-11-7-6-10-16(18)23(24,25)26)22(32)27-17(13-20(31)33-2)15-8-4-3-5-9-15/h3-12,17H,13H2,1-2H3,(H,27,32). The van der Waals surface area contributed by atoms with Crippen LogP contribution >= 0.6 is 0 Å². The van der Waals surface area contributed by atoms with Crippen molar-refractivity contribution in [3.63, 3.8) is 0 Å². The number of nitrogens with one attached hydrogen (secondary N) is 1. The maximum absolute atomic E-state index is 13.5. The molecule has 2 aromatic carbocycles. The van der Waals surface area contributed by atoms with Gasteiger partial charge in [0.1, 0.15) is 0 Å². The summed E-state index contributed by atoms with van der Waals surface area (Å²) in [6, 6.07) is 13.4. The molecule has 172 valence electrons. The van der Waals surface area contributed by atoms with Gasteiger partial charge in [0.05, 0.1) is 30.8 Å². The van der Waals surface area contributed by atoms with Gasteiger partial charge in [-0.05, 0) is 24.6 Å². The summed E-state index contributed by atoms with van der Waals surface area (Å²) in [7, 11) is 1.20. The van der Waals surface area contributed by atoms with Gasteiger partial charge in [-0.2, -0.15) is 18.3 Å². The zero-order valence-electron chi connectivity index (χ0n) is 17.7. The highest BCUT2D eigenvalue weighted by Crippen LogP contribution is 2.33. The first-order valence-electron chi connectivity index (χ1n) is 9.82. The lowest BCUT2D eigenvalue weighted by Crippen LogP contribution is -2.35. The molecule has 3 rings (SSSR count). The maximum Gasteiger partial charge on any atom is 0.418 e. The average molecular weight is 459 g/mol. The number of hydrogen-bond donors (Lipinski definition) is 1. The van der Waals surface area contributed by atoms with Crippen LogP contribution in [0.15, 0.2) is 65.5 Å². The van der Waals surface area contributed by atoms with Crippen molar-refractivity contribution in [1.29, 1.82) is 0 Å². The molecular weight excluding hydrogens is 439 g/mol. The Kier molecular flexibility index (Phi) is 6.95. The molecule has 0 saturated carbocycles. The second-order valence-corrected chi connectivity index (χ2v) is 7.14. The third-order valence-corrected chi connectivity index (χ3v) is 4.87. The van der Waals surface area contributed by atoms with Gasteiger partial charge in [0.25, 0.3) is 5.91 Å². The van der Waals surface area contributed by atoms with Gasteiger partial charge in [0.2, 0.25) is 5.43 Å². The minimum atomic E-state index is -4.67. The molecule has 0 bridgehead atoms. The molecule has 0 radical (unpaired) electrons. The molecule has 10 heteroatoms. The number of alkyl halides is 3. The van der Waals surface area contributed by atoms with Crippen LogP contribution in [0.25, 0.3) is 5.69 Å². The molecule has 1 unspecified atom stereocenters. The van der Waals surface area contributed by atoms with Crippen LogP contribution in [0.5, 0.6) is 0 Å². The summed E-state index contributed by atoms with van der Waals surface area (Å²) in [5.74, 6) is -1.53. The fourth-order valence-electron chi connectivity index (χ4n) is 3.26. The van der Waals surface area contributed by atoms with Gasteiger partial charge in [-0.15, -0.1) is 0 Å². The Morgan fingerprint density at radius 3 is 2.36 bits per heavy atom. The number of hydrogen-bond acceptors (Lipinski definition) is 5. The Morgan fingerprint density at radius 1 is 1.09 bits per heavy atom. The summed E-state index contributed by atoms with van der Waals surface area (Å²) < 4.78 is 46.1. The summed E-state index contributed by atoms with van der Waals surface area (Å²) in [5, 5.41) is 6.50. The summed E-state index contributed by atoms with van der Waals surface area (Å²) in [5.41, 5.74) is -1.98. The van der Waals surface area contributed by atoms with Gasteiger partial charge in [-0.25, -0.2) is 4.68 Å². The monoisotopic (exact) mass is 459 g/mol.